The van der Waals surface area contributed by atoms with Crippen molar-refractivity contribution in [3.63, 3.8) is 0 Å². The standard InChI is InChI=1S/C22H21N5OS/c28-22(19-15-27(26-25-19)14-12-17-7-3-1-4-8-17)23-13-11-21-24-20(16-29-21)18-9-5-2-6-10-18/h1-10,15-16H,11-14H2,(H,23,28). The van der Waals surface area contributed by atoms with Crippen molar-refractivity contribution < 1.29 is 4.79 Å². The molecule has 1 N–H and O–H groups in total. The van der Waals surface area contributed by atoms with E-state index in [4.69, 9.17) is 0 Å². The van der Waals surface area contributed by atoms with Crippen molar-refractivity contribution in [1.29, 1.82) is 0 Å². The Kier molecular flexibility index (Phi) is 6.07. The van der Waals surface area contributed by atoms with Gasteiger partial charge in [0.2, 0.25) is 0 Å². The summed E-state index contributed by atoms with van der Waals surface area (Å²) in [6.07, 6.45) is 3.22. The highest BCUT2D eigenvalue weighted by molar-refractivity contribution is 7.09. The fourth-order valence-corrected chi connectivity index (χ4v) is 3.75. The number of carbonyl (C=O) groups is 1. The van der Waals surface area contributed by atoms with Crippen molar-refractivity contribution in [3.05, 3.63) is 88.5 Å². The smallest absolute Gasteiger partial charge is 0.273 e. The van der Waals surface area contributed by atoms with Gasteiger partial charge in [-0.25, -0.2) is 4.98 Å². The molecule has 0 aliphatic rings. The second-order valence-corrected chi connectivity index (χ2v) is 7.54. The highest BCUT2D eigenvalue weighted by Crippen LogP contribution is 2.21. The third-order valence-electron chi connectivity index (χ3n) is 4.49. The van der Waals surface area contributed by atoms with Crippen LogP contribution in [-0.4, -0.2) is 32.4 Å². The van der Waals surface area contributed by atoms with Gasteiger partial charge < -0.3 is 5.32 Å². The van der Waals surface area contributed by atoms with Crippen LogP contribution in [0.4, 0.5) is 0 Å². The summed E-state index contributed by atoms with van der Waals surface area (Å²) >= 11 is 1.61. The largest absolute Gasteiger partial charge is 0.350 e. The lowest BCUT2D eigenvalue weighted by atomic mass is 10.1. The van der Waals surface area contributed by atoms with Crippen LogP contribution in [0.3, 0.4) is 0 Å². The van der Waals surface area contributed by atoms with Crippen LogP contribution < -0.4 is 5.32 Å². The zero-order valence-corrected chi connectivity index (χ0v) is 16.7. The summed E-state index contributed by atoms with van der Waals surface area (Å²) in [6, 6.07) is 20.3. The average Bonchev–Trinajstić information content (AvgIpc) is 3.44. The number of rotatable bonds is 8. The van der Waals surface area contributed by atoms with Crippen molar-refractivity contribution in [3.8, 4) is 11.3 Å². The van der Waals surface area contributed by atoms with Crippen LogP contribution in [0.25, 0.3) is 11.3 Å². The summed E-state index contributed by atoms with van der Waals surface area (Å²) < 4.78 is 1.70. The van der Waals surface area contributed by atoms with Gasteiger partial charge in [-0.1, -0.05) is 65.9 Å². The number of nitrogens with zero attached hydrogens (tertiary/aromatic N) is 4. The topological polar surface area (TPSA) is 72.7 Å². The first-order valence-corrected chi connectivity index (χ1v) is 10.4. The number of nitrogens with one attached hydrogen (secondary N) is 1. The predicted molar refractivity (Wildman–Crippen MR) is 114 cm³/mol. The van der Waals surface area contributed by atoms with E-state index in [0.29, 0.717) is 25.2 Å². The average molecular weight is 404 g/mol. The molecule has 0 fully saturated rings. The molecule has 0 unspecified atom stereocenters. The van der Waals surface area contributed by atoms with E-state index in [1.807, 2.05) is 53.9 Å². The molecule has 2 heterocycles. The molecule has 6 nitrogen and oxygen atoms in total. The van der Waals surface area contributed by atoms with Gasteiger partial charge in [-0.15, -0.1) is 16.4 Å². The van der Waals surface area contributed by atoms with Gasteiger partial charge in [0.1, 0.15) is 0 Å². The van der Waals surface area contributed by atoms with Gasteiger partial charge in [-0.3, -0.25) is 9.48 Å². The van der Waals surface area contributed by atoms with Crippen molar-refractivity contribution in [2.45, 2.75) is 19.4 Å². The molecule has 0 radical (unpaired) electrons. The Hall–Kier alpha value is -3.32. The van der Waals surface area contributed by atoms with E-state index in [9.17, 15) is 4.79 Å². The van der Waals surface area contributed by atoms with Gasteiger partial charge in [0, 0.05) is 30.5 Å². The van der Waals surface area contributed by atoms with E-state index in [1.54, 1.807) is 22.2 Å². The van der Waals surface area contributed by atoms with Gasteiger partial charge in [0.25, 0.3) is 5.91 Å². The Labute approximate surface area is 173 Å². The van der Waals surface area contributed by atoms with Crippen LogP contribution in [0.15, 0.2) is 72.2 Å². The van der Waals surface area contributed by atoms with Crippen molar-refractivity contribution in [1.82, 2.24) is 25.3 Å². The fraction of sp³-hybridized carbons (Fsp3) is 0.182. The van der Waals surface area contributed by atoms with Gasteiger partial charge in [-0.2, -0.15) is 0 Å². The van der Waals surface area contributed by atoms with Crippen molar-refractivity contribution in [2.24, 2.45) is 0 Å². The SMILES string of the molecule is O=C(NCCc1nc(-c2ccccc2)cs1)c1cn(CCc2ccccc2)nn1. The maximum atomic E-state index is 12.3. The molecule has 4 rings (SSSR count). The Morgan fingerprint density at radius 1 is 1.00 bits per heavy atom. The summed E-state index contributed by atoms with van der Waals surface area (Å²) in [5, 5.41) is 14.0. The Morgan fingerprint density at radius 2 is 1.76 bits per heavy atom. The first-order chi connectivity index (χ1) is 14.3. The van der Waals surface area contributed by atoms with E-state index in [0.717, 1.165) is 22.7 Å². The van der Waals surface area contributed by atoms with Crippen LogP contribution in [0.1, 0.15) is 21.1 Å². The third kappa shape index (κ3) is 5.14. The van der Waals surface area contributed by atoms with E-state index in [1.165, 1.54) is 5.56 Å². The van der Waals surface area contributed by atoms with E-state index >= 15 is 0 Å². The van der Waals surface area contributed by atoms with E-state index in [-0.39, 0.29) is 5.91 Å². The Balaban J connectivity index is 1.25. The Morgan fingerprint density at radius 3 is 2.55 bits per heavy atom. The third-order valence-corrected chi connectivity index (χ3v) is 5.40. The lowest BCUT2D eigenvalue weighted by molar-refractivity contribution is 0.0949. The quantitative estimate of drug-likeness (QED) is 0.488. The molecule has 0 aliphatic heterocycles. The van der Waals surface area contributed by atoms with Crippen molar-refractivity contribution >= 4 is 17.2 Å². The zero-order valence-electron chi connectivity index (χ0n) is 15.9. The summed E-state index contributed by atoms with van der Waals surface area (Å²) in [7, 11) is 0. The van der Waals surface area contributed by atoms with E-state index < -0.39 is 0 Å². The molecule has 7 heteroatoms. The molecule has 4 aromatic rings. The van der Waals surface area contributed by atoms with Crippen LogP contribution >= 0.6 is 11.3 Å². The molecule has 0 atom stereocenters. The lowest BCUT2D eigenvalue weighted by Gasteiger charge is -2.01. The van der Waals surface area contributed by atoms with Gasteiger partial charge >= 0.3 is 0 Å². The first-order valence-electron chi connectivity index (χ1n) is 9.50. The van der Waals surface area contributed by atoms with Crippen LogP contribution in [-0.2, 0) is 19.4 Å². The number of thiazole rings is 1. The molecule has 0 aliphatic carbocycles. The number of aromatic nitrogens is 4. The fourth-order valence-electron chi connectivity index (χ4n) is 2.94. The highest BCUT2D eigenvalue weighted by atomic mass is 32.1. The minimum Gasteiger partial charge on any atom is -0.350 e. The maximum absolute atomic E-state index is 12.3. The van der Waals surface area contributed by atoms with E-state index in [2.05, 4.69) is 32.7 Å². The number of aryl methyl sites for hydroxylation is 2. The van der Waals surface area contributed by atoms with Crippen LogP contribution in [0.2, 0.25) is 0 Å². The number of amides is 1. The first kappa shape index (κ1) is 19.0. The summed E-state index contributed by atoms with van der Waals surface area (Å²) in [6.45, 7) is 1.20. The zero-order chi connectivity index (χ0) is 19.9. The molecular formula is C22H21N5OS. The number of hydrogen-bond acceptors (Lipinski definition) is 5. The molecule has 0 bridgehead atoms. The molecule has 0 saturated carbocycles. The predicted octanol–water partition coefficient (Wildman–Crippen LogP) is 3.62. The van der Waals surface area contributed by atoms with Crippen LogP contribution in [0, 0.1) is 0 Å². The second kappa shape index (κ2) is 9.25. The highest BCUT2D eigenvalue weighted by Gasteiger charge is 2.11. The van der Waals surface area contributed by atoms with Gasteiger partial charge in [-0.05, 0) is 12.0 Å². The molecule has 0 spiro atoms. The molecular weight excluding hydrogens is 382 g/mol. The summed E-state index contributed by atoms with van der Waals surface area (Å²) in [5.41, 5.74) is 3.64. The second-order valence-electron chi connectivity index (χ2n) is 6.60. The lowest BCUT2D eigenvalue weighted by Crippen LogP contribution is -2.26. The molecule has 2 aromatic carbocycles. The number of benzene rings is 2. The molecule has 1 amide bonds. The minimum atomic E-state index is -0.212. The van der Waals surface area contributed by atoms with Gasteiger partial charge in [0.05, 0.1) is 16.9 Å². The normalized spacial score (nSPS) is 10.8. The molecule has 146 valence electrons. The molecule has 2 aromatic heterocycles. The number of hydrogen-bond donors (Lipinski definition) is 1. The monoisotopic (exact) mass is 403 g/mol. The minimum absolute atomic E-state index is 0.212. The van der Waals surface area contributed by atoms with Crippen LogP contribution in [0.5, 0.6) is 0 Å². The number of carbonyl (C=O) groups excluding carboxylic acids is 1. The molecule has 29 heavy (non-hydrogen) atoms. The summed E-state index contributed by atoms with van der Waals surface area (Å²) in [5.74, 6) is -0.212. The summed E-state index contributed by atoms with van der Waals surface area (Å²) in [4.78, 5) is 16.9. The Bertz CT molecular complexity index is 1060. The molecule has 0 saturated heterocycles. The maximum Gasteiger partial charge on any atom is 0.273 e. The van der Waals surface area contributed by atoms with Crippen molar-refractivity contribution in [2.75, 3.05) is 6.54 Å². The van der Waals surface area contributed by atoms with Gasteiger partial charge in [0.15, 0.2) is 5.69 Å².